The highest BCUT2D eigenvalue weighted by molar-refractivity contribution is 5.60. The van der Waals surface area contributed by atoms with Gasteiger partial charge in [0.05, 0.1) is 0 Å². The Hall–Kier alpha value is -2.14. The molecule has 1 aromatic carbocycles. The zero-order valence-electron chi connectivity index (χ0n) is 12.2. The van der Waals surface area contributed by atoms with Crippen LogP contribution in [0, 0.1) is 0 Å². The van der Waals surface area contributed by atoms with Gasteiger partial charge in [-0.15, -0.1) is 0 Å². The molecule has 106 valence electrons. The van der Waals surface area contributed by atoms with Crippen LogP contribution in [0.5, 0.6) is 0 Å². The zero-order chi connectivity index (χ0) is 14.4. The third-order valence-electron chi connectivity index (χ3n) is 2.65. The van der Waals surface area contributed by atoms with Crippen molar-refractivity contribution in [3.63, 3.8) is 0 Å². The molecule has 5 heteroatoms. The minimum absolute atomic E-state index is 0.719. The Balaban J connectivity index is 2.34. The summed E-state index contributed by atoms with van der Waals surface area (Å²) in [6.45, 7) is 3.03. The number of anilines is 2. The van der Waals surface area contributed by atoms with E-state index in [0.29, 0.717) is 0 Å². The standard InChI is InChI=1S/C15H21N5/c1-4-10-16-13-11-14(19-20(2)3)18-15(17-13)12-8-6-5-7-9-12/h5-9,11H,4,10H2,1-3H3,(H2,16,17,18,19). The summed E-state index contributed by atoms with van der Waals surface area (Å²) in [5.41, 5.74) is 4.18. The molecule has 0 bridgehead atoms. The van der Waals surface area contributed by atoms with Crippen molar-refractivity contribution < 1.29 is 0 Å². The van der Waals surface area contributed by atoms with Gasteiger partial charge in [-0.25, -0.2) is 15.0 Å². The van der Waals surface area contributed by atoms with Crippen molar-refractivity contribution in [3.05, 3.63) is 36.4 Å². The molecule has 0 unspecified atom stereocenters. The van der Waals surface area contributed by atoms with Gasteiger partial charge in [0.15, 0.2) is 5.82 Å². The number of rotatable bonds is 6. The quantitative estimate of drug-likeness (QED) is 0.791. The van der Waals surface area contributed by atoms with Gasteiger partial charge in [0.2, 0.25) is 0 Å². The first kappa shape index (κ1) is 14.3. The Morgan fingerprint density at radius 3 is 2.40 bits per heavy atom. The van der Waals surface area contributed by atoms with Gasteiger partial charge >= 0.3 is 0 Å². The van der Waals surface area contributed by atoms with Crippen LogP contribution in [-0.2, 0) is 0 Å². The number of benzene rings is 1. The van der Waals surface area contributed by atoms with Crippen LogP contribution < -0.4 is 10.7 Å². The van der Waals surface area contributed by atoms with Crippen LogP contribution in [-0.4, -0.2) is 35.6 Å². The Morgan fingerprint density at radius 2 is 1.75 bits per heavy atom. The summed E-state index contributed by atoms with van der Waals surface area (Å²) in [5, 5.41) is 5.17. The molecule has 20 heavy (non-hydrogen) atoms. The van der Waals surface area contributed by atoms with Crippen LogP contribution >= 0.6 is 0 Å². The van der Waals surface area contributed by atoms with E-state index in [1.807, 2.05) is 55.5 Å². The van der Waals surface area contributed by atoms with E-state index in [1.165, 1.54) is 0 Å². The predicted molar refractivity (Wildman–Crippen MR) is 83.6 cm³/mol. The normalized spacial score (nSPS) is 10.6. The Morgan fingerprint density at radius 1 is 1.05 bits per heavy atom. The summed E-state index contributed by atoms with van der Waals surface area (Å²) in [5.74, 6) is 2.34. The largest absolute Gasteiger partial charge is 0.370 e. The van der Waals surface area contributed by atoms with E-state index in [-0.39, 0.29) is 0 Å². The average molecular weight is 271 g/mol. The fourth-order valence-electron chi connectivity index (χ4n) is 1.79. The molecular formula is C15H21N5. The SMILES string of the molecule is CCCNc1cc(NN(C)C)nc(-c2ccccc2)n1. The first-order valence-electron chi connectivity index (χ1n) is 6.81. The van der Waals surface area contributed by atoms with Crippen molar-refractivity contribution in [3.8, 4) is 11.4 Å². The Kier molecular flexibility index (Phi) is 4.90. The molecule has 0 aliphatic carbocycles. The maximum Gasteiger partial charge on any atom is 0.163 e. The fraction of sp³-hybridized carbons (Fsp3) is 0.333. The second kappa shape index (κ2) is 6.86. The number of aromatic nitrogens is 2. The lowest BCUT2D eigenvalue weighted by Crippen LogP contribution is -2.21. The van der Waals surface area contributed by atoms with Crippen molar-refractivity contribution in [2.45, 2.75) is 13.3 Å². The predicted octanol–water partition coefficient (Wildman–Crippen LogP) is 2.85. The highest BCUT2D eigenvalue weighted by Gasteiger charge is 2.07. The van der Waals surface area contributed by atoms with E-state index in [2.05, 4.69) is 27.6 Å². The fourth-order valence-corrected chi connectivity index (χ4v) is 1.79. The second-order valence-corrected chi connectivity index (χ2v) is 4.76. The summed E-state index contributed by atoms with van der Waals surface area (Å²) in [6.07, 6.45) is 1.06. The van der Waals surface area contributed by atoms with Crippen molar-refractivity contribution in [2.24, 2.45) is 0 Å². The molecule has 0 saturated carbocycles. The van der Waals surface area contributed by atoms with Crippen molar-refractivity contribution in [1.29, 1.82) is 0 Å². The molecule has 1 aromatic heterocycles. The van der Waals surface area contributed by atoms with Gasteiger partial charge in [-0.05, 0) is 6.42 Å². The van der Waals surface area contributed by atoms with E-state index in [0.717, 1.165) is 36.0 Å². The van der Waals surface area contributed by atoms with E-state index >= 15 is 0 Å². The van der Waals surface area contributed by atoms with Crippen LogP contribution in [0.4, 0.5) is 11.6 Å². The Labute approximate surface area is 120 Å². The average Bonchev–Trinajstić information content (AvgIpc) is 2.45. The van der Waals surface area contributed by atoms with E-state index in [4.69, 9.17) is 0 Å². The van der Waals surface area contributed by atoms with Crippen LogP contribution in [0.25, 0.3) is 11.4 Å². The van der Waals surface area contributed by atoms with Crippen molar-refractivity contribution in [2.75, 3.05) is 31.4 Å². The lowest BCUT2D eigenvalue weighted by molar-refractivity contribution is 0.492. The van der Waals surface area contributed by atoms with Crippen molar-refractivity contribution >= 4 is 11.6 Å². The van der Waals surface area contributed by atoms with Crippen LogP contribution in [0.15, 0.2) is 36.4 Å². The molecule has 5 nitrogen and oxygen atoms in total. The van der Waals surface area contributed by atoms with Gasteiger partial charge < -0.3 is 10.7 Å². The summed E-state index contributed by atoms with van der Waals surface area (Å²) >= 11 is 0. The number of hydrogen-bond donors (Lipinski definition) is 2. The minimum atomic E-state index is 0.719. The summed E-state index contributed by atoms with van der Waals surface area (Å²) < 4.78 is 0. The van der Waals surface area contributed by atoms with Gasteiger partial charge in [-0.2, -0.15) is 0 Å². The third-order valence-corrected chi connectivity index (χ3v) is 2.65. The maximum absolute atomic E-state index is 4.57. The smallest absolute Gasteiger partial charge is 0.163 e. The topological polar surface area (TPSA) is 53.1 Å². The number of nitrogens with zero attached hydrogens (tertiary/aromatic N) is 3. The molecule has 0 fully saturated rings. The summed E-state index contributed by atoms with van der Waals surface area (Å²) in [6, 6.07) is 11.9. The van der Waals surface area contributed by atoms with Crippen LogP contribution in [0.2, 0.25) is 0 Å². The molecule has 0 aliphatic rings. The van der Waals surface area contributed by atoms with E-state index < -0.39 is 0 Å². The molecule has 0 amide bonds. The molecule has 0 radical (unpaired) electrons. The summed E-state index contributed by atoms with van der Waals surface area (Å²) in [4.78, 5) is 9.12. The number of nitrogens with one attached hydrogen (secondary N) is 2. The monoisotopic (exact) mass is 271 g/mol. The van der Waals surface area contributed by atoms with Gasteiger partial charge in [0.1, 0.15) is 11.6 Å². The minimum Gasteiger partial charge on any atom is -0.370 e. The summed E-state index contributed by atoms with van der Waals surface area (Å²) in [7, 11) is 3.87. The first-order valence-corrected chi connectivity index (χ1v) is 6.81. The molecule has 0 atom stereocenters. The molecule has 2 aromatic rings. The molecular weight excluding hydrogens is 250 g/mol. The highest BCUT2D eigenvalue weighted by atomic mass is 15.5. The van der Waals surface area contributed by atoms with Crippen molar-refractivity contribution in [1.82, 2.24) is 15.0 Å². The van der Waals surface area contributed by atoms with E-state index in [1.54, 1.807) is 0 Å². The highest BCUT2D eigenvalue weighted by Crippen LogP contribution is 2.20. The van der Waals surface area contributed by atoms with E-state index in [9.17, 15) is 0 Å². The molecule has 1 heterocycles. The first-order chi connectivity index (χ1) is 9.69. The number of hydrogen-bond acceptors (Lipinski definition) is 5. The Bertz CT molecular complexity index is 539. The second-order valence-electron chi connectivity index (χ2n) is 4.76. The molecule has 0 saturated heterocycles. The van der Waals surface area contributed by atoms with Gasteiger partial charge in [0, 0.05) is 32.3 Å². The zero-order valence-corrected chi connectivity index (χ0v) is 12.2. The molecule has 0 spiro atoms. The van der Waals surface area contributed by atoms with Crippen LogP contribution in [0.3, 0.4) is 0 Å². The van der Waals surface area contributed by atoms with Crippen LogP contribution in [0.1, 0.15) is 13.3 Å². The van der Waals surface area contributed by atoms with Gasteiger partial charge in [-0.1, -0.05) is 37.3 Å². The molecule has 2 rings (SSSR count). The maximum atomic E-state index is 4.57. The lowest BCUT2D eigenvalue weighted by atomic mass is 10.2. The lowest BCUT2D eigenvalue weighted by Gasteiger charge is -2.15. The third kappa shape index (κ3) is 3.93. The molecule has 2 N–H and O–H groups in total. The molecule has 0 aliphatic heterocycles. The van der Waals surface area contributed by atoms with Gasteiger partial charge in [0.25, 0.3) is 0 Å². The van der Waals surface area contributed by atoms with Gasteiger partial charge in [-0.3, -0.25) is 0 Å². The number of hydrazine groups is 1.